The number of hydrogen-bond donors (Lipinski definition) is 1. The second-order valence-electron chi connectivity index (χ2n) is 6.32. The minimum Gasteiger partial charge on any atom is -0.354 e. The SMILES string of the molecule is C[C@H]1CCCN([C@@H](C)CNC(=O)C2CCCC2)C1. The fourth-order valence-electron chi connectivity index (χ4n) is 3.34. The predicted octanol–water partition coefficient (Wildman–Crippen LogP) is 2.41. The first kappa shape index (κ1) is 13.9. The minimum atomic E-state index is 0.296. The van der Waals surface area contributed by atoms with Gasteiger partial charge in [-0.25, -0.2) is 0 Å². The Morgan fingerprint density at radius 2 is 2.00 bits per heavy atom. The van der Waals surface area contributed by atoms with E-state index in [2.05, 4.69) is 24.1 Å². The van der Waals surface area contributed by atoms with Crippen LogP contribution in [0.1, 0.15) is 52.4 Å². The van der Waals surface area contributed by atoms with Gasteiger partial charge in [-0.15, -0.1) is 0 Å². The molecule has 0 radical (unpaired) electrons. The Bertz CT molecular complexity index is 274. The van der Waals surface area contributed by atoms with Gasteiger partial charge < -0.3 is 5.32 Å². The normalized spacial score (nSPS) is 28.2. The number of carbonyl (C=O) groups is 1. The van der Waals surface area contributed by atoms with E-state index in [9.17, 15) is 4.79 Å². The zero-order valence-corrected chi connectivity index (χ0v) is 12.0. The first-order valence-electron chi connectivity index (χ1n) is 7.68. The molecule has 1 saturated heterocycles. The van der Waals surface area contributed by atoms with Crippen LogP contribution in [0.15, 0.2) is 0 Å². The van der Waals surface area contributed by atoms with Gasteiger partial charge in [0.1, 0.15) is 0 Å². The lowest BCUT2D eigenvalue weighted by molar-refractivity contribution is -0.125. The predicted molar refractivity (Wildman–Crippen MR) is 74.4 cm³/mol. The van der Waals surface area contributed by atoms with Crippen molar-refractivity contribution in [2.24, 2.45) is 11.8 Å². The molecule has 0 aromatic carbocycles. The van der Waals surface area contributed by atoms with Crippen LogP contribution in [0.5, 0.6) is 0 Å². The van der Waals surface area contributed by atoms with Crippen LogP contribution in [0.2, 0.25) is 0 Å². The first-order chi connectivity index (χ1) is 8.66. The molecule has 1 amide bonds. The lowest BCUT2D eigenvalue weighted by Crippen LogP contribution is -2.47. The maximum absolute atomic E-state index is 12.0. The molecule has 18 heavy (non-hydrogen) atoms. The summed E-state index contributed by atoms with van der Waals surface area (Å²) in [5.74, 6) is 1.41. The van der Waals surface area contributed by atoms with Crippen molar-refractivity contribution in [1.29, 1.82) is 0 Å². The zero-order chi connectivity index (χ0) is 13.0. The summed E-state index contributed by atoms with van der Waals surface area (Å²) in [6, 6.07) is 0.484. The molecule has 0 bridgehead atoms. The number of carbonyl (C=O) groups excluding carboxylic acids is 1. The van der Waals surface area contributed by atoms with Crippen LogP contribution in [0.4, 0.5) is 0 Å². The summed E-state index contributed by atoms with van der Waals surface area (Å²) in [4.78, 5) is 14.5. The minimum absolute atomic E-state index is 0.296. The van der Waals surface area contributed by atoms with Crippen molar-refractivity contribution >= 4 is 5.91 Å². The molecule has 1 heterocycles. The van der Waals surface area contributed by atoms with Gasteiger partial charge >= 0.3 is 0 Å². The summed E-state index contributed by atoms with van der Waals surface area (Å²) in [5.41, 5.74) is 0. The van der Waals surface area contributed by atoms with Crippen molar-refractivity contribution < 1.29 is 4.79 Å². The van der Waals surface area contributed by atoms with Crippen molar-refractivity contribution in [3.8, 4) is 0 Å². The van der Waals surface area contributed by atoms with Gasteiger partial charge in [-0.1, -0.05) is 19.8 Å². The lowest BCUT2D eigenvalue weighted by Gasteiger charge is -2.35. The molecular weight excluding hydrogens is 224 g/mol. The molecule has 2 fully saturated rings. The van der Waals surface area contributed by atoms with Crippen molar-refractivity contribution in [3.63, 3.8) is 0 Å². The maximum Gasteiger partial charge on any atom is 0.223 e. The molecule has 104 valence electrons. The summed E-state index contributed by atoms with van der Waals surface area (Å²) in [6.45, 7) is 7.79. The molecule has 0 aromatic heterocycles. The highest BCUT2D eigenvalue weighted by atomic mass is 16.1. The highest BCUT2D eigenvalue weighted by Crippen LogP contribution is 2.24. The van der Waals surface area contributed by atoms with Gasteiger partial charge in [0, 0.05) is 25.0 Å². The van der Waals surface area contributed by atoms with Gasteiger partial charge in [0.25, 0.3) is 0 Å². The van der Waals surface area contributed by atoms with Gasteiger partial charge in [0.15, 0.2) is 0 Å². The van der Waals surface area contributed by atoms with Crippen molar-refractivity contribution in [1.82, 2.24) is 10.2 Å². The number of piperidine rings is 1. The van der Waals surface area contributed by atoms with E-state index in [0.29, 0.717) is 17.9 Å². The Balaban J connectivity index is 1.70. The molecule has 2 aliphatic rings. The fraction of sp³-hybridized carbons (Fsp3) is 0.933. The summed E-state index contributed by atoms with van der Waals surface area (Å²) in [7, 11) is 0. The molecular formula is C15H28N2O. The maximum atomic E-state index is 12.0. The number of hydrogen-bond acceptors (Lipinski definition) is 2. The monoisotopic (exact) mass is 252 g/mol. The second kappa shape index (κ2) is 6.55. The number of nitrogens with zero attached hydrogens (tertiary/aromatic N) is 1. The molecule has 2 rings (SSSR count). The molecule has 3 heteroatoms. The Kier molecular flexibility index (Phi) is 5.04. The number of amides is 1. The van der Waals surface area contributed by atoms with E-state index in [1.807, 2.05) is 0 Å². The summed E-state index contributed by atoms with van der Waals surface area (Å²) in [6.07, 6.45) is 7.33. The van der Waals surface area contributed by atoms with Crippen LogP contribution in [-0.2, 0) is 4.79 Å². The molecule has 1 N–H and O–H groups in total. The van der Waals surface area contributed by atoms with E-state index in [-0.39, 0.29) is 0 Å². The fourth-order valence-corrected chi connectivity index (χ4v) is 3.34. The first-order valence-corrected chi connectivity index (χ1v) is 7.68. The third-order valence-corrected chi connectivity index (χ3v) is 4.61. The van der Waals surface area contributed by atoms with Gasteiger partial charge in [0.2, 0.25) is 5.91 Å². The van der Waals surface area contributed by atoms with Crippen LogP contribution in [0.3, 0.4) is 0 Å². The van der Waals surface area contributed by atoms with E-state index in [1.165, 1.54) is 38.8 Å². The third-order valence-electron chi connectivity index (χ3n) is 4.61. The van der Waals surface area contributed by atoms with Crippen molar-refractivity contribution in [3.05, 3.63) is 0 Å². The Labute approximate surface area is 111 Å². The van der Waals surface area contributed by atoms with E-state index in [1.54, 1.807) is 0 Å². The highest BCUT2D eigenvalue weighted by molar-refractivity contribution is 5.78. The number of nitrogens with one attached hydrogen (secondary N) is 1. The van der Waals surface area contributed by atoms with Crippen LogP contribution in [-0.4, -0.2) is 36.5 Å². The van der Waals surface area contributed by atoms with Gasteiger partial charge in [-0.05, 0) is 45.1 Å². The quantitative estimate of drug-likeness (QED) is 0.833. The van der Waals surface area contributed by atoms with Crippen LogP contribution < -0.4 is 5.32 Å². The Morgan fingerprint density at radius 3 is 2.67 bits per heavy atom. The molecule has 0 spiro atoms. The Hall–Kier alpha value is -0.570. The molecule has 0 aromatic rings. The molecule has 2 atom stereocenters. The number of likely N-dealkylation sites (tertiary alicyclic amines) is 1. The standard InChI is InChI=1S/C15H28N2O/c1-12-6-5-9-17(11-12)13(2)10-16-15(18)14-7-3-4-8-14/h12-14H,3-11H2,1-2H3,(H,16,18)/t12-,13-/m0/s1. The van der Waals surface area contributed by atoms with Gasteiger partial charge in [0.05, 0.1) is 0 Å². The average molecular weight is 252 g/mol. The molecule has 0 unspecified atom stereocenters. The summed E-state index contributed by atoms with van der Waals surface area (Å²) < 4.78 is 0. The summed E-state index contributed by atoms with van der Waals surface area (Å²) in [5, 5.41) is 3.16. The average Bonchev–Trinajstić information content (AvgIpc) is 2.89. The second-order valence-corrected chi connectivity index (χ2v) is 6.32. The van der Waals surface area contributed by atoms with Crippen LogP contribution >= 0.6 is 0 Å². The van der Waals surface area contributed by atoms with Crippen molar-refractivity contribution in [2.45, 2.75) is 58.4 Å². The van der Waals surface area contributed by atoms with Crippen LogP contribution in [0, 0.1) is 11.8 Å². The molecule has 1 saturated carbocycles. The number of rotatable bonds is 4. The Morgan fingerprint density at radius 1 is 1.28 bits per heavy atom. The van der Waals surface area contributed by atoms with E-state index >= 15 is 0 Å². The largest absolute Gasteiger partial charge is 0.354 e. The van der Waals surface area contributed by atoms with E-state index in [4.69, 9.17) is 0 Å². The topological polar surface area (TPSA) is 32.3 Å². The summed E-state index contributed by atoms with van der Waals surface area (Å²) >= 11 is 0. The highest BCUT2D eigenvalue weighted by Gasteiger charge is 2.24. The molecule has 1 aliphatic carbocycles. The van der Waals surface area contributed by atoms with E-state index in [0.717, 1.165) is 25.3 Å². The lowest BCUT2D eigenvalue weighted by atomic mass is 9.99. The van der Waals surface area contributed by atoms with Gasteiger partial charge in [-0.2, -0.15) is 0 Å². The zero-order valence-electron chi connectivity index (χ0n) is 12.0. The van der Waals surface area contributed by atoms with E-state index < -0.39 is 0 Å². The molecule has 3 nitrogen and oxygen atoms in total. The third kappa shape index (κ3) is 3.71. The molecule has 1 aliphatic heterocycles. The van der Waals surface area contributed by atoms with Crippen molar-refractivity contribution in [2.75, 3.05) is 19.6 Å². The van der Waals surface area contributed by atoms with Crippen LogP contribution in [0.25, 0.3) is 0 Å². The smallest absolute Gasteiger partial charge is 0.223 e. The van der Waals surface area contributed by atoms with Gasteiger partial charge in [-0.3, -0.25) is 9.69 Å².